The van der Waals surface area contributed by atoms with Gasteiger partial charge in [-0.2, -0.15) is 0 Å². The predicted molar refractivity (Wildman–Crippen MR) is 127 cm³/mol. The Balaban J connectivity index is 1.65. The van der Waals surface area contributed by atoms with Crippen molar-refractivity contribution in [3.63, 3.8) is 0 Å². The van der Waals surface area contributed by atoms with Crippen LogP contribution in [0.4, 0.5) is 0 Å². The second kappa shape index (κ2) is 8.57. The summed E-state index contributed by atoms with van der Waals surface area (Å²) < 4.78 is 0.104. The summed E-state index contributed by atoms with van der Waals surface area (Å²) in [5, 5.41) is 20.1. The molecule has 1 heterocycles. The number of hydrogen-bond donors (Lipinski definition) is 2. The molecule has 0 aromatic heterocycles. The van der Waals surface area contributed by atoms with Crippen molar-refractivity contribution in [3.05, 3.63) is 62.1 Å². The fourth-order valence-corrected chi connectivity index (χ4v) is 6.44. The van der Waals surface area contributed by atoms with Crippen LogP contribution in [-0.4, -0.2) is 51.0 Å². The number of likely N-dealkylation sites (tertiary alicyclic amines) is 1. The van der Waals surface area contributed by atoms with Gasteiger partial charge < -0.3 is 10.2 Å². The molecule has 2 amide bonds. The van der Waals surface area contributed by atoms with E-state index < -0.39 is 41.5 Å². The number of carboxylic acids is 1. The normalized spacial score (nSPS) is 27.9. The number of phenolic OH excluding ortho intramolecular Hbond substituents is 1. The number of Topliss-reactive ketones (excluding diaryl/α,β-unsaturated/α-hetero) is 1. The Labute approximate surface area is 213 Å². The molecule has 3 aliphatic carbocycles. The number of hydrogen-bond acceptors (Lipinski definition) is 6. The molecule has 1 saturated heterocycles. The smallest absolute Gasteiger partial charge is 0.305 e. The molecule has 4 aliphatic rings. The number of aliphatic carboxylic acids is 1. The van der Waals surface area contributed by atoms with Gasteiger partial charge in [-0.15, -0.1) is 0 Å². The molecular formula is C25H19BrClNO7. The number of amides is 2. The van der Waals surface area contributed by atoms with Gasteiger partial charge in [0.15, 0.2) is 11.6 Å². The highest BCUT2D eigenvalue weighted by molar-refractivity contribution is 9.12. The maximum atomic E-state index is 13.4. The standard InChI is InChI=1S/C25H19BrClNO7/c26-16-9-18(30)22-15(23(16)33)8-13-11(20(22)14-7-10(27)1-4-17(14)29)2-3-12-21(13)25(35)28(24(12)34)6-5-19(31)32/h1-2,4,7,9,12-13,20-21,29H,3,5-6,8H2,(H,31,32). The molecule has 4 unspecified atom stereocenters. The molecule has 2 N–H and O–H groups in total. The highest BCUT2D eigenvalue weighted by Crippen LogP contribution is 2.56. The lowest BCUT2D eigenvalue weighted by molar-refractivity contribution is -0.142. The van der Waals surface area contributed by atoms with Crippen LogP contribution < -0.4 is 0 Å². The Morgan fingerprint density at radius 2 is 1.89 bits per heavy atom. The van der Waals surface area contributed by atoms with E-state index in [1.807, 2.05) is 6.08 Å². The topological polar surface area (TPSA) is 129 Å². The lowest BCUT2D eigenvalue weighted by Crippen LogP contribution is -2.39. The van der Waals surface area contributed by atoms with E-state index in [9.17, 15) is 29.1 Å². The van der Waals surface area contributed by atoms with Crippen molar-refractivity contribution in [1.29, 1.82) is 0 Å². The lowest BCUT2D eigenvalue weighted by atomic mass is 9.59. The molecule has 35 heavy (non-hydrogen) atoms. The molecule has 0 saturated carbocycles. The number of ketones is 2. The summed E-state index contributed by atoms with van der Waals surface area (Å²) in [6.07, 6.45) is 2.98. The number of carboxylic acid groups (broad SMARTS) is 1. The van der Waals surface area contributed by atoms with E-state index in [1.54, 1.807) is 0 Å². The molecule has 5 rings (SSSR count). The van der Waals surface area contributed by atoms with Crippen LogP contribution in [-0.2, 0) is 24.0 Å². The molecule has 180 valence electrons. The van der Waals surface area contributed by atoms with Gasteiger partial charge in [-0.25, -0.2) is 0 Å². The summed E-state index contributed by atoms with van der Waals surface area (Å²) in [7, 11) is 0. The zero-order valence-electron chi connectivity index (χ0n) is 18.2. The SMILES string of the molecule is O=C(O)CCN1C(=O)C2CC=C3C(c4cc(Cl)ccc4O)C4=C(CC3C2C1=O)C(=O)C(Br)=CC4=O. The summed E-state index contributed by atoms with van der Waals surface area (Å²) in [5.74, 6) is -5.74. The maximum Gasteiger partial charge on any atom is 0.305 e. The van der Waals surface area contributed by atoms with Crippen LogP contribution in [0.15, 0.2) is 51.6 Å². The van der Waals surface area contributed by atoms with E-state index in [-0.39, 0.29) is 58.8 Å². The van der Waals surface area contributed by atoms with Crippen molar-refractivity contribution in [1.82, 2.24) is 4.90 Å². The van der Waals surface area contributed by atoms with E-state index in [0.717, 1.165) is 4.90 Å². The van der Waals surface area contributed by atoms with Gasteiger partial charge in [0.2, 0.25) is 11.8 Å². The van der Waals surface area contributed by atoms with E-state index in [4.69, 9.17) is 16.7 Å². The Kier molecular flexibility index (Phi) is 5.80. The number of imide groups is 1. The van der Waals surface area contributed by atoms with E-state index in [1.165, 1.54) is 24.3 Å². The summed E-state index contributed by atoms with van der Waals surface area (Å²) >= 11 is 9.37. The third kappa shape index (κ3) is 3.68. The fourth-order valence-electron chi connectivity index (χ4n) is 5.81. The molecule has 8 nitrogen and oxygen atoms in total. The first kappa shape index (κ1) is 23.7. The molecule has 1 aromatic rings. The minimum Gasteiger partial charge on any atom is -0.508 e. The molecule has 1 aliphatic heterocycles. The maximum absolute atomic E-state index is 13.4. The second-order valence-electron chi connectivity index (χ2n) is 9.07. The first-order valence-corrected chi connectivity index (χ1v) is 12.2. The fraction of sp³-hybridized carbons (Fsp3) is 0.320. The third-order valence-electron chi connectivity index (χ3n) is 7.27. The number of nitrogens with zero attached hydrogens (tertiary/aromatic N) is 1. The number of fused-ring (bicyclic) bond motifs is 3. The highest BCUT2D eigenvalue weighted by atomic mass is 79.9. The molecule has 10 heteroatoms. The average molecular weight is 561 g/mol. The van der Waals surface area contributed by atoms with E-state index in [2.05, 4.69) is 15.9 Å². The number of carbonyl (C=O) groups excluding carboxylic acids is 4. The summed E-state index contributed by atoms with van der Waals surface area (Å²) in [6.45, 7) is -0.222. The molecule has 4 atom stereocenters. The van der Waals surface area contributed by atoms with Crippen LogP contribution >= 0.6 is 27.5 Å². The van der Waals surface area contributed by atoms with Crippen molar-refractivity contribution >= 4 is 56.9 Å². The summed E-state index contributed by atoms with van der Waals surface area (Å²) in [6, 6.07) is 4.45. The van der Waals surface area contributed by atoms with Crippen LogP contribution in [0.25, 0.3) is 0 Å². The number of carbonyl (C=O) groups is 5. The summed E-state index contributed by atoms with van der Waals surface area (Å²) in [4.78, 5) is 64.7. The second-order valence-corrected chi connectivity index (χ2v) is 10.4. The molecule has 0 bridgehead atoms. The van der Waals surface area contributed by atoms with Gasteiger partial charge in [0, 0.05) is 40.3 Å². The van der Waals surface area contributed by atoms with Crippen molar-refractivity contribution in [2.24, 2.45) is 17.8 Å². The number of halogens is 2. The molecule has 1 aromatic carbocycles. The number of aromatic hydroxyl groups is 1. The first-order valence-electron chi connectivity index (χ1n) is 11.0. The minimum absolute atomic E-state index is 0.0828. The Morgan fingerprint density at radius 3 is 2.60 bits per heavy atom. The van der Waals surface area contributed by atoms with Gasteiger partial charge in [0.25, 0.3) is 0 Å². The van der Waals surface area contributed by atoms with Crippen LogP contribution in [0.3, 0.4) is 0 Å². The molecule has 1 fully saturated rings. The van der Waals surface area contributed by atoms with Crippen LogP contribution in [0.2, 0.25) is 5.02 Å². The quantitative estimate of drug-likeness (QED) is 0.328. The number of benzene rings is 1. The Morgan fingerprint density at radius 1 is 1.14 bits per heavy atom. The third-order valence-corrected chi connectivity index (χ3v) is 8.10. The minimum atomic E-state index is -1.12. The predicted octanol–water partition coefficient (Wildman–Crippen LogP) is 3.28. The largest absolute Gasteiger partial charge is 0.508 e. The van der Waals surface area contributed by atoms with Gasteiger partial charge in [0.05, 0.1) is 22.7 Å². The molecule has 0 spiro atoms. The zero-order valence-corrected chi connectivity index (χ0v) is 20.5. The van der Waals surface area contributed by atoms with Gasteiger partial charge in [-0.3, -0.25) is 28.9 Å². The van der Waals surface area contributed by atoms with Crippen LogP contribution in [0, 0.1) is 17.8 Å². The summed E-state index contributed by atoms with van der Waals surface area (Å²) in [5.41, 5.74) is 1.49. The van der Waals surface area contributed by atoms with Crippen LogP contribution in [0.5, 0.6) is 5.75 Å². The van der Waals surface area contributed by atoms with Gasteiger partial charge >= 0.3 is 5.97 Å². The van der Waals surface area contributed by atoms with Crippen molar-refractivity contribution in [3.8, 4) is 5.75 Å². The monoisotopic (exact) mass is 559 g/mol. The van der Waals surface area contributed by atoms with Gasteiger partial charge in [-0.05, 0) is 52.9 Å². The zero-order chi connectivity index (χ0) is 25.2. The molecular weight excluding hydrogens is 542 g/mol. The first-order chi connectivity index (χ1) is 16.6. The Hall–Kier alpha value is -3.04. The average Bonchev–Trinajstić information content (AvgIpc) is 3.06. The van der Waals surface area contributed by atoms with Crippen molar-refractivity contribution < 1.29 is 34.2 Å². The lowest BCUT2D eigenvalue weighted by Gasteiger charge is -2.42. The van der Waals surface area contributed by atoms with Crippen LogP contribution in [0.1, 0.15) is 30.7 Å². The van der Waals surface area contributed by atoms with Gasteiger partial charge in [0.1, 0.15) is 5.75 Å². The number of phenols is 1. The van der Waals surface area contributed by atoms with Crippen molar-refractivity contribution in [2.45, 2.75) is 25.2 Å². The highest BCUT2D eigenvalue weighted by Gasteiger charge is 2.56. The number of rotatable bonds is 4. The van der Waals surface area contributed by atoms with E-state index in [0.29, 0.717) is 16.2 Å². The molecule has 0 radical (unpaired) electrons. The number of allylic oxidation sites excluding steroid dienone is 6. The van der Waals surface area contributed by atoms with Gasteiger partial charge in [-0.1, -0.05) is 23.3 Å². The Bertz CT molecular complexity index is 1330. The van der Waals surface area contributed by atoms with Crippen molar-refractivity contribution in [2.75, 3.05) is 6.54 Å². The van der Waals surface area contributed by atoms with E-state index >= 15 is 0 Å².